The van der Waals surface area contributed by atoms with Crippen molar-refractivity contribution in [3.8, 4) is 0 Å². The molecule has 0 aromatic carbocycles. The first-order valence-corrected chi connectivity index (χ1v) is 6.96. The smallest absolute Gasteiger partial charge is 0.255 e. The molecule has 1 amide bonds. The van der Waals surface area contributed by atoms with E-state index in [2.05, 4.69) is 16.9 Å². The first-order valence-electron chi connectivity index (χ1n) is 6.96. The number of amides is 1. The van der Waals surface area contributed by atoms with E-state index in [0.29, 0.717) is 5.92 Å². The Balaban J connectivity index is 1.67. The molecule has 0 saturated carbocycles. The molecule has 0 bridgehead atoms. The number of likely N-dealkylation sites (tertiary alicyclic amines) is 1. The van der Waals surface area contributed by atoms with Gasteiger partial charge in [-0.15, -0.1) is 0 Å². The molecule has 19 heavy (non-hydrogen) atoms. The lowest BCUT2D eigenvalue weighted by molar-refractivity contribution is -0.0170. The van der Waals surface area contributed by atoms with Gasteiger partial charge in [0, 0.05) is 44.5 Å². The van der Waals surface area contributed by atoms with Crippen LogP contribution in [-0.2, 0) is 4.74 Å². The summed E-state index contributed by atoms with van der Waals surface area (Å²) in [6, 6.07) is 1.83. The Morgan fingerprint density at radius 3 is 3.11 bits per heavy atom. The quantitative estimate of drug-likeness (QED) is 0.815. The molecule has 3 rings (SSSR count). The normalized spacial score (nSPS) is 28.8. The summed E-state index contributed by atoms with van der Waals surface area (Å²) in [7, 11) is 2.14. The van der Waals surface area contributed by atoms with Crippen LogP contribution >= 0.6 is 0 Å². The number of hydrogen-bond acceptors (Lipinski definition) is 3. The van der Waals surface area contributed by atoms with Gasteiger partial charge in [-0.05, 0) is 19.5 Å². The van der Waals surface area contributed by atoms with Crippen molar-refractivity contribution in [2.45, 2.75) is 12.5 Å². The number of piperidine rings is 1. The molecule has 2 aliphatic heterocycles. The number of rotatable bonds is 1. The van der Waals surface area contributed by atoms with Crippen molar-refractivity contribution >= 4 is 5.91 Å². The number of fused-ring (bicyclic) bond motifs is 1. The topological polar surface area (TPSA) is 48.6 Å². The van der Waals surface area contributed by atoms with Crippen LogP contribution in [0.3, 0.4) is 0 Å². The van der Waals surface area contributed by atoms with Gasteiger partial charge in [0.25, 0.3) is 5.91 Å². The SMILES string of the molecule is CN1CCO[C@@H]2CN(C(=O)c3cc[nH]c3)CC[C@@H]2C1. The average molecular weight is 263 g/mol. The molecule has 1 aromatic heterocycles. The summed E-state index contributed by atoms with van der Waals surface area (Å²) in [5, 5.41) is 0. The van der Waals surface area contributed by atoms with E-state index in [1.54, 1.807) is 12.4 Å². The van der Waals surface area contributed by atoms with Crippen LogP contribution in [0.1, 0.15) is 16.8 Å². The van der Waals surface area contributed by atoms with Crippen LogP contribution in [0.5, 0.6) is 0 Å². The van der Waals surface area contributed by atoms with Gasteiger partial charge in [0.1, 0.15) is 0 Å². The van der Waals surface area contributed by atoms with Gasteiger partial charge in [-0.3, -0.25) is 4.79 Å². The maximum absolute atomic E-state index is 12.3. The van der Waals surface area contributed by atoms with E-state index in [0.717, 1.165) is 44.8 Å². The molecule has 0 unspecified atom stereocenters. The second-order valence-electron chi connectivity index (χ2n) is 5.57. The van der Waals surface area contributed by atoms with E-state index in [4.69, 9.17) is 4.74 Å². The van der Waals surface area contributed by atoms with Crippen LogP contribution in [-0.4, -0.2) is 66.6 Å². The summed E-state index contributed by atoms with van der Waals surface area (Å²) in [5.41, 5.74) is 0.740. The molecule has 5 nitrogen and oxygen atoms in total. The van der Waals surface area contributed by atoms with E-state index < -0.39 is 0 Å². The van der Waals surface area contributed by atoms with Gasteiger partial charge in [-0.25, -0.2) is 0 Å². The first kappa shape index (κ1) is 12.7. The molecule has 3 heterocycles. The Hall–Kier alpha value is -1.33. The Morgan fingerprint density at radius 1 is 1.42 bits per heavy atom. The number of hydrogen-bond donors (Lipinski definition) is 1. The minimum atomic E-state index is 0.112. The summed E-state index contributed by atoms with van der Waals surface area (Å²) in [6.45, 7) is 4.39. The van der Waals surface area contributed by atoms with E-state index in [-0.39, 0.29) is 12.0 Å². The Bertz CT molecular complexity index is 432. The standard InChI is InChI=1S/C14H21N3O2/c1-16-6-7-19-13-10-17(5-3-12(13)9-16)14(18)11-2-4-15-8-11/h2,4,8,12-13,15H,3,5-7,9-10H2,1H3/t12-,13-/m1/s1. The summed E-state index contributed by atoms with van der Waals surface area (Å²) < 4.78 is 5.93. The zero-order valence-electron chi connectivity index (χ0n) is 11.3. The Labute approximate surface area is 113 Å². The summed E-state index contributed by atoms with van der Waals surface area (Å²) in [5.74, 6) is 0.670. The van der Waals surface area contributed by atoms with Gasteiger partial charge in [0.2, 0.25) is 0 Å². The number of likely N-dealkylation sites (N-methyl/N-ethyl adjacent to an activating group) is 1. The van der Waals surface area contributed by atoms with Crippen molar-refractivity contribution in [2.75, 3.05) is 39.8 Å². The molecular formula is C14H21N3O2. The monoisotopic (exact) mass is 263 g/mol. The van der Waals surface area contributed by atoms with Crippen molar-refractivity contribution in [2.24, 2.45) is 5.92 Å². The molecule has 2 saturated heterocycles. The van der Waals surface area contributed by atoms with Gasteiger partial charge in [0.15, 0.2) is 0 Å². The fraction of sp³-hybridized carbons (Fsp3) is 0.643. The lowest BCUT2D eigenvalue weighted by atomic mass is 9.93. The molecular weight excluding hydrogens is 242 g/mol. The molecule has 2 fully saturated rings. The number of nitrogens with zero attached hydrogens (tertiary/aromatic N) is 2. The third-order valence-corrected chi connectivity index (χ3v) is 4.18. The van der Waals surface area contributed by atoms with Gasteiger partial charge < -0.3 is 19.5 Å². The number of ether oxygens (including phenoxy) is 1. The van der Waals surface area contributed by atoms with Crippen LogP contribution in [0.2, 0.25) is 0 Å². The highest BCUT2D eigenvalue weighted by Gasteiger charge is 2.34. The zero-order chi connectivity index (χ0) is 13.2. The van der Waals surface area contributed by atoms with Crippen LogP contribution in [0.15, 0.2) is 18.5 Å². The zero-order valence-corrected chi connectivity index (χ0v) is 11.3. The number of carbonyl (C=O) groups excluding carboxylic acids is 1. The van der Waals surface area contributed by atoms with Gasteiger partial charge in [-0.1, -0.05) is 0 Å². The number of nitrogens with one attached hydrogen (secondary N) is 1. The predicted octanol–water partition coefficient (Wildman–Crippen LogP) is 0.807. The third-order valence-electron chi connectivity index (χ3n) is 4.18. The van der Waals surface area contributed by atoms with Crippen LogP contribution < -0.4 is 0 Å². The molecule has 2 aliphatic rings. The predicted molar refractivity (Wildman–Crippen MR) is 72.0 cm³/mol. The fourth-order valence-electron chi connectivity index (χ4n) is 3.04. The number of aromatic amines is 1. The van der Waals surface area contributed by atoms with Crippen molar-refractivity contribution in [3.63, 3.8) is 0 Å². The van der Waals surface area contributed by atoms with Gasteiger partial charge in [0.05, 0.1) is 18.3 Å². The minimum Gasteiger partial charge on any atom is -0.375 e. The molecule has 0 spiro atoms. The Morgan fingerprint density at radius 2 is 2.32 bits per heavy atom. The summed E-state index contributed by atoms with van der Waals surface area (Å²) >= 11 is 0. The lowest BCUT2D eigenvalue weighted by Crippen LogP contribution is -2.48. The molecule has 0 aliphatic carbocycles. The Kier molecular flexibility index (Phi) is 3.57. The maximum atomic E-state index is 12.3. The fourth-order valence-corrected chi connectivity index (χ4v) is 3.04. The van der Waals surface area contributed by atoms with Crippen molar-refractivity contribution in [1.29, 1.82) is 0 Å². The molecule has 104 valence electrons. The number of carbonyl (C=O) groups is 1. The van der Waals surface area contributed by atoms with E-state index in [1.165, 1.54) is 0 Å². The first-order chi connectivity index (χ1) is 9.24. The molecule has 0 radical (unpaired) electrons. The second kappa shape index (κ2) is 5.35. The highest BCUT2D eigenvalue weighted by atomic mass is 16.5. The van der Waals surface area contributed by atoms with Crippen LogP contribution in [0.4, 0.5) is 0 Å². The average Bonchev–Trinajstić information content (AvgIpc) is 2.87. The van der Waals surface area contributed by atoms with E-state index in [1.807, 2.05) is 11.0 Å². The number of H-pyrrole nitrogens is 1. The van der Waals surface area contributed by atoms with E-state index >= 15 is 0 Å². The van der Waals surface area contributed by atoms with Crippen molar-refractivity contribution in [1.82, 2.24) is 14.8 Å². The van der Waals surface area contributed by atoms with E-state index in [9.17, 15) is 4.79 Å². The summed E-state index contributed by atoms with van der Waals surface area (Å²) in [6.07, 6.45) is 4.78. The highest BCUT2D eigenvalue weighted by Crippen LogP contribution is 2.24. The molecule has 5 heteroatoms. The molecule has 2 atom stereocenters. The van der Waals surface area contributed by atoms with Crippen LogP contribution in [0.25, 0.3) is 0 Å². The highest BCUT2D eigenvalue weighted by molar-refractivity contribution is 5.94. The van der Waals surface area contributed by atoms with Gasteiger partial charge in [-0.2, -0.15) is 0 Å². The second-order valence-corrected chi connectivity index (χ2v) is 5.57. The van der Waals surface area contributed by atoms with Crippen molar-refractivity contribution < 1.29 is 9.53 Å². The maximum Gasteiger partial charge on any atom is 0.255 e. The minimum absolute atomic E-state index is 0.112. The molecule has 1 aromatic rings. The van der Waals surface area contributed by atoms with Crippen LogP contribution in [0, 0.1) is 5.92 Å². The van der Waals surface area contributed by atoms with Crippen molar-refractivity contribution in [3.05, 3.63) is 24.0 Å². The largest absolute Gasteiger partial charge is 0.375 e. The summed E-state index contributed by atoms with van der Waals surface area (Å²) in [4.78, 5) is 19.5. The van der Waals surface area contributed by atoms with Gasteiger partial charge >= 0.3 is 0 Å². The number of aromatic nitrogens is 1. The third kappa shape index (κ3) is 2.67. The molecule has 1 N–H and O–H groups in total. The lowest BCUT2D eigenvalue weighted by Gasteiger charge is -2.37.